The Morgan fingerprint density at radius 1 is 1.06 bits per heavy atom. The molecule has 2 aliphatic rings. The molecule has 0 unspecified atom stereocenters. The molecule has 3 amide bonds. The van der Waals surface area contributed by atoms with Crippen LogP contribution in [0.4, 0.5) is 5.69 Å². The Bertz CT molecular complexity index is 825. The lowest BCUT2D eigenvalue weighted by atomic mass is 9.81. The Morgan fingerprint density at radius 2 is 1.69 bits per heavy atom. The highest BCUT2D eigenvalue weighted by Gasteiger charge is 2.32. The highest BCUT2D eigenvalue weighted by molar-refractivity contribution is 5.99. The Kier molecular flexibility index (Phi) is 7.99. The van der Waals surface area contributed by atoms with Gasteiger partial charge in [0.2, 0.25) is 11.8 Å². The van der Waals surface area contributed by atoms with E-state index < -0.39 is 0 Å². The first kappa shape index (κ1) is 23.9. The van der Waals surface area contributed by atoms with Crippen LogP contribution in [0.25, 0.3) is 0 Å². The molecule has 3 rings (SSSR count). The molecule has 32 heavy (non-hydrogen) atoms. The number of hydrogen-bond acceptors (Lipinski definition) is 5. The lowest BCUT2D eigenvalue weighted by molar-refractivity contribution is -0.144. The number of nitrogens with zero attached hydrogens (tertiary/aromatic N) is 2. The topological polar surface area (TPSA) is 105 Å². The van der Waals surface area contributed by atoms with Crippen molar-refractivity contribution in [1.82, 2.24) is 15.1 Å². The van der Waals surface area contributed by atoms with Crippen LogP contribution >= 0.6 is 0 Å². The number of carbonyl (C=O) groups is 3. The zero-order valence-corrected chi connectivity index (χ0v) is 19.4. The molecule has 2 fully saturated rings. The molecule has 1 aliphatic carbocycles. The summed E-state index contributed by atoms with van der Waals surface area (Å²) in [5.74, 6) is 1.17. The van der Waals surface area contributed by atoms with Crippen molar-refractivity contribution in [2.24, 2.45) is 17.8 Å². The van der Waals surface area contributed by atoms with Crippen molar-refractivity contribution in [2.75, 3.05) is 45.6 Å². The van der Waals surface area contributed by atoms with E-state index in [9.17, 15) is 14.4 Å². The molecule has 1 heterocycles. The van der Waals surface area contributed by atoms with E-state index in [1.54, 1.807) is 25.3 Å². The zero-order chi connectivity index (χ0) is 23.3. The molecule has 3 N–H and O–H groups in total. The number of hydrogen-bond donors (Lipinski definition) is 2. The first-order valence-corrected chi connectivity index (χ1v) is 11.6. The summed E-state index contributed by atoms with van der Waals surface area (Å²) in [7, 11) is 1.55. The van der Waals surface area contributed by atoms with Crippen LogP contribution in [0.5, 0.6) is 5.75 Å². The number of benzene rings is 1. The molecule has 1 aromatic rings. The average Bonchev–Trinajstić information content (AvgIpc) is 2.82. The van der Waals surface area contributed by atoms with Crippen molar-refractivity contribution in [3.05, 3.63) is 23.8 Å². The van der Waals surface area contributed by atoms with Crippen molar-refractivity contribution in [3.63, 3.8) is 0 Å². The van der Waals surface area contributed by atoms with Crippen LogP contribution in [-0.4, -0.2) is 67.4 Å². The van der Waals surface area contributed by atoms with Gasteiger partial charge in [-0.3, -0.25) is 14.4 Å². The molecule has 8 nitrogen and oxygen atoms in total. The maximum atomic E-state index is 12.9. The van der Waals surface area contributed by atoms with Gasteiger partial charge in [-0.25, -0.2) is 0 Å². The molecule has 1 aliphatic heterocycles. The van der Waals surface area contributed by atoms with Crippen LogP contribution < -0.4 is 15.8 Å². The van der Waals surface area contributed by atoms with Crippen molar-refractivity contribution < 1.29 is 19.1 Å². The summed E-state index contributed by atoms with van der Waals surface area (Å²) in [4.78, 5) is 41.4. The van der Waals surface area contributed by atoms with Gasteiger partial charge in [-0.05, 0) is 49.8 Å². The summed E-state index contributed by atoms with van der Waals surface area (Å²) in [5, 5.41) is 2.99. The number of nitrogens with one attached hydrogen (secondary N) is 1. The smallest absolute Gasteiger partial charge is 0.253 e. The van der Waals surface area contributed by atoms with Crippen molar-refractivity contribution in [1.29, 1.82) is 0 Å². The van der Waals surface area contributed by atoms with E-state index in [-0.39, 0.29) is 29.6 Å². The van der Waals surface area contributed by atoms with Crippen LogP contribution in [0.3, 0.4) is 0 Å². The third kappa shape index (κ3) is 5.72. The molecule has 0 aromatic heterocycles. The zero-order valence-electron chi connectivity index (χ0n) is 19.4. The van der Waals surface area contributed by atoms with Crippen LogP contribution in [0, 0.1) is 17.8 Å². The van der Waals surface area contributed by atoms with Gasteiger partial charge in [0.15, 0.2) is 0 Å². The van der Waals surface area contributed by atoms with Gasteiger partial charge in [-0.2, -0.15) is 0 Å². The minimum atomic E-state index is -0.201. The fourth-order valence-corrected chi connectivity index (χ4v) is 4.58. The Labute approximate surface area is 190 Å². The number of piperazine rings is 1. The number of methoxy groups -OCH3 is 1. The first-order valence-electron chi connectivity index (χ1n) is 11.6. The van der Waals surface area contributed by atoms with Gasteiger partial charge < -0.3 is 25.6 Å². The molecule has 1 aromatic carbocycles. The van der Waals surface area contributed by atoms with Crippen LogP contribution in [0.2, 0.25) is 0 Å². The molecule has 0 spiro atoms. The van der Waals surface area contributed by atoms with E-state index in [1.807, 2.05) is 23.6 Å². The van der Waals surface area contributed by atoms with Crippen LogP contribution in [0.15, 0.2) is 18.2 Å². The number of carbonyl (C=O) groups excluding carboxylic acids is 3. The molecule has 0 radical (unpaired) electrons. The number of amides is 3. The number of rotatable bonds is 6. The van der Waals surface area contributed by atoms with E-state index in [2.05, 4.69) is 5.32 Å². The third-order valence-electron chi connectivity index (χ3n) is 6.65. The molecule has 8 heteroatoms. The summed E-state index contributed by atoms with van der Waals surface area (Å²) in [5.41, 5.74) is 6.78. The second-order valence-corrected chi connectivity index (χ2v) is 9.19. The molecule has 1 saturated heterocycles. The predicted octanol–water partition coefficient (Wildman–Crippen LogP) is 2.14. The summed E-state index contributed by atoms with van der Waals surface area (Å²) >= 11 is 0. The van der Waals surface area contributed by atoms with E-state index in [0.29, 0.717) is 55.6 Å². The van der Waals surface area contributed by atoms with E-state index >= 15 is 0 Å². The molecule has 0 bridgehead atoms. The fourth-order valence-electron chi connectivity index (χ4n) is 4.58. The molecular formula is C24H36N4O4. The van der Waals surface area contributed by atoms with Gasteiger partial charge in [0.25, 0.3) is 5.91 Å². The molecule has 0 atom stereocenters. The van der Waals surface area contributed by atoms with Gasteiger partial charge >= 0.3 is 0 Å². The van der Waals surface area contributed by atoms with Gasteiger partial charge in [0, 0.05) is 50.2 Å². The largest absolute Gasteiger partial charge is 0.497 e. The fraction of sp³-hybridized carbons (Fsp3) is 0.625. The van der Waals surface area contributed by atoms with E-state index in [1.165, 1.54) is 0 Å². The quantitative estimate of drug-likeness (QED) is 0.654. The third-order valence-corrected chi connectivity index (χ3v) is 6.65. The first-order chi connectivity index (χ1) is 15.3. The van der Waals surface area contributed by atoms with Crippen molar-refractivity contribution >= 4 is 23.4 Å². The lowest BCUT2D eigenvalue weighted by Crippen LogP contribution is -2.53. The lowest BCUT2D eigenvalue weighted by Gasteiger charge is -2.38. The monoisotopic (exact) mass is 444 g/mol. The summed E-state index contributed by atoms with van der Waals surface area (Å²) < 4.78 is 5.18. The van der Waals surface area contributed by atoms with Gasteiger partial charge in [-0.1, -0.05) is 13.8 Å². The average molecular weight is 445 g/mol. The normalized spacial score (nSPS) is 21.4. The predicted molar refractivity (Wildman–Crippen MR) is 123 cm³/mol. The second kappa shape index (κ2) is 10.7. The maximum Gasteiger partial charge on any atom is 0.253 e. The second-order valence-electron chi connectivity index (χ2n) is 9.19. The number of nitrogens with two attached hydrogens (primary N) is 1. The standard InChI is InChI=1S/C24H36N4O4/c1-16(2)23(30)27-10-12-28(13-11-27)24(31)18-6-4-17(5-7-18)15-26-22(29)20-14-19(32-3)8-9-21(20)25/h8-9,14,16-18H,4-7,10-13,15,25H2,1-3H3,(H,26,29)/t17-,18-. The van der Waals surface area contributed by atoms with Gasteiger partial charge in [0.05, 0.1) is 12.7 Å². The highest BCUT2D eigenvalue weighted by atomic mass is 16.5. The Balaban J connectivity index is 1.42. The summed E-state index contributed by atoms with van der Waals surface area (Å²) in [6, 6.07) is 5.05. The summed E-state index contributed by atoms with van der Waals surface area (Å²) in [6.45, 7) is 6.88. The summed E-state index contributed by atoms with van der Waals surface area (Å²) in [6.07, 6.45) is 3.50. The van der Waals surface area contributed by atoms with Crippen molar-refractivity contribution in [3.8, 4) is 5.75 Å². The molecular weight excluding hydrogens is 408 g/mol. The minimum Gasteiger partial charge on any atom is -0.497 e. The Morgan fingerprint density at radius 3 is 2.28 bits per heavy atom. The van der Waals surface area contributed by atoms with Crippen molar-refractivity contribution in [2.45, 2.75) is 39.5 Å². The number of ether oxygens (including phenoxy) is 1. The highest BCUT2D eigenvalue weighted by Crippen LogP contribution is 2.30. The van der Waals surface area contributed by atoms with Crippen LogP contribution in [0.1, 0.15) is 49.9 Å². The number of nitrogen functional groups attached to an aromatic ring is 1. The molecule has 176 valence electrons. The van der Waals surface area contributed by atoms with E-state index in [0.717, 1.165) is 25.7 Å². The molecule has 1 saturated carbocycles. The van der Waals surface area contributed by atoms with Crippen LogP contribution in [-0.2, 0) is 9.59 Å². The van der Waals surface area contributed by atoms with Gasteiger partial charge in [0.1, 0.15) is 5.75 Å². The van der Waals surface area contributed by atoms with E-state index in [4.69, 9.17) is 10.5 Å². The SMILES string of the molecule is COc1ccc(N)c(C(=O)NC[C@H]2CC[C@H](C(=O)N3CCN(C(=O)C(C)C)CC3)CC2)c1. The Hall–Kier alpha value is -2.77. The minimum absolute atomic E-state index is 0.00613. The number of anilines is 1. The maximum absolute atomic E-state index is 12.9. The van der Waals surface area contributed by atoms with Gasteiger partial charge in [-0.15, -0.1) is 0 Å².